The molecule has 0 radical (unpaired) electrons. The van der Waals surface area contributed by atoms with Crippen LogP contribution < -0.4 is 4.74 Å². The first kappa shape index (κ1) is 13.4. The highest BCUT2D eigenvalue weighted by Crippen LogP contribution is 2.31. The van der Waals surface area contributed by atoms with Gasteiger partial charge >= 0.3 is 0 Å². The Balaban J connectivity index is 2.01. The van der Waals surface area contributed by atoms with Gasteiger partial charge in [0, 0.05) is 19.2 Å². The Morgan fingerprint density at radius 1 is 1.44 bits per heavy atom. The third-order valence-electron chi connectivity index (χ3n) is 2.02. The van der Waals surface area contributed by atoms with Gasteiger partial charge in [-0.25, -0.2) is 18.7 Å². The van der Waals surface area contributed by atoms with E-state index in [-0.39, 0.29) is 11.5 Å². The van der Waals surface area contributed by atoms with Gasteiger partial charge in [-0.1, -0.05) is 6.07 Å². The molecule has 2 heterocycles. The lowest BCUT2D eigenvalue weighted by Crippen LogP contribution is -2.03. The van der Waals surface area contributed by atoms with Crippen molar-refractivity contribution in [2.45, 2.75) is 19.5 Å². The molecule has 0 saturated heterocycles. The molecule has 7 heteroatoms. The summed E-state index contributed by atoms with van der Waals surface area (Å²) in [6.07, 6.45) is 1.18. The summed E-state index contributed by atoms with van der Waals surface area (Å²) in [5.74, 6) is -2.44. The fourth-order valence-electron chi connectivity index (χ4n) is 1.19. The van der Waals surface area contributed by atoms with Crippen molar-refractivity contribution in [1.82, 2.24) is 9.97 Å². The van der Waals surface area contributed by atoms with E-state index in [0.717, 1.165) is 18.3 Å². The molecule has 18 heavy (non-hydrogen) atoms. The number of rotatable bonds is 4. The molecule has 0 aromatic carbocycles. The van der Waals surface area contributed by atoms with Crippen molar-refractivity contribution in [2.75, 3.05) is 0 Å². The number of alkyl halides is 2. The average molecular weight is 335 g/mol. The van der Waals surface area contributed by atoms with Crippen LogP contribution in [0.3, 0.4) is 0 Å². The SMILES string of the molecule is CC(F)(F)c1cnc(COc2cccc(Br)n2)s1. The summed E-state index contributed by atoms with van der Waals surface area (Å²) in [4.78, 5) is 7.89. The zero-order valence-corrected chi connectivity index (χ0v) is 11.8. The third kappa shape index (κ3) is 3.46. The molecule has 0 N–H and O–H groups in total. The Kier molecular flexibility index (Phi) is 3.91. The topological polar surface area (TPSA) is 35.0 Å². The van der Waals surface area contributed by atoms with Crippen LogP contribution in [0.5, 0.6) is 5.88 Å². The lowest BCUT2D eigenvalue weighted by molar-refractivity contribution is 0.0213. The Morgan fingerprint density at radius 3 is 2.83 bits per heavy atom. The number of nitrogens with zero attached hydrogens (tertiary/aromatic N) is 2. The second-order valence-electron chi connectivity index (χ2n) is 3.59. The van der Waals surface area contributed by atoms with E-state index in [1.54, 1.807) is 18.2 Å². The number of hydrogen-bond donors (Lipinski definition) is 0. The first-order valence-electron chi connectivity index (χ1n) is 5.03. The largest absolute Gasteiger partial charge is 0.470 e. The van der Waals surface area contributed by atoms with E-state index < -0.39 is 5.92 Å². The Labute approximate surface area is 115 Å². The van der Waals surface area contributed by atoms with Crippen LogP contribution in [0, 0.1) is 0 Å². The highest BCUT2D eigenvalue weighted by molar-refractivity contribution is 9.10. The maximum atomic E-state index is 13.0. The Morgan fingerprint density at radius 2 is 2.22 bits per heavy atom. The first-order chi connectivity index (χ1) is 8.45. The summed E-state index contributed by atoms with van der Waals surface area (Å²) in [7, 11) is 0. The number of ether oxygens (including phenoxy) is 1. The monoisotopic (exact) mass is 334 g/mol. The van der Waals surface area contributed by atoms with Crippen LogP contribution in [-0.2, 0) is 12.5 Å². The van der Waals surface area contributed by atoms with Crippen LogP contribution in [0.1, 0.15) is 16.8 Å². The smallest absolute Gasteiger partial charge is 0.281 e. The number of pyridine rings is 1. The van der Waals surface area contributed by atoms with Crippen molar-refractivity contribution in [2.24, 2.45) is 0 Å². The normalized spacial score (nSPS) is 11.6. The van der Waals surface area contributed by atoms with Crippen LogP contribution in [0.2, 0.25) is 0 Å². The fraction of sp³-hybridized carbons (Fsp3) is 0.273. The predicted molar refractivity (Wildman–Crippen MR) is 68.0 cm³/mol. The zero-order chi connectivity index (χ0) is 13.2. The highest BCUT2D eigenvalue weighted by atomic mass is 79.9. The second kappa shape index (κ2) is 5.27. The van der Waals surface area contributed by atoms with Crippen molar-refractivity contribution in [3.8, 4) is 5.88 Å². The molecule has 2 rings (SSSR count). The molecule has 0 unspecified atom stereocenters. The summed E-state index contributed by atoms with van der Waals surface area (Å²) in [6.45, 7) is 0.977. The van der Waals surface area contributed by atoms with Crippen LogP contribution >= 0.6 is 27.3 Å². The number of hydrogen-bond acceptors (Lipinski definition) is 4. The molecule has 2 aromatic rings. The van der Waals surface area contributed by atoms with Gasteiger partial charge in [0.25, 0.3) is 5.92 Å². The van der Waals surface area contributed by atoms with Crippen molar-refractivity contribution < 1.29 is 13.5 Å². The summed E-state index contributed by atoms with van der Waals surface area (Å²) in [5.41, 5.74) is 0. The van der Waals surface area contributed by atoms with E-state index in [9.17, 15) is 8.78 Å². The standard InChI is InChI=1S/C11H9BrF2N2OS/c1-11(13,14)7-5-15-10(18-7)6-17-9-4-2-3-8(12)16-9/h2-5H,6H2,1H3. The van der Waals surface area contributed by atoms with Crippen molar-refractivity contribution in [1.29, 1.82) is 0 Å². The van der Waals surface area contributed by atoms with Gasteiger partial charge in [-0.2, -0.15) is 0 Å². The van der Waals surface area contributed by atoms with E-state index >= 15 is 0 Å². The molecule has 0 aliphatic rings. The van der Waals surface area contributed by atoms with E-state index in [2.05, 4.69) is 25.9 Å². The molecule has 0 spiro atoms. The lowest BCUT2D eigenvalue weighted by Gasteiger charge is -2.05. The number of thiazole rings is 1. The van der Waals surface area contributed by atoms with Gasteiger partial charge in [-0.15, -0.1) is 11.3 Å². The van der Waals surface area contributed by atoms with E-state index in [1.165, 1.54) is 6.20 Å². The molecule has 0 fully saturated rings. The molecule has 0 bridgehead atoms. The molecule has 0 atom stereocenters. The minimum Gasteiger partial charge on any atom is -0.470 e. The third-order valence-corrected chi connectivity index (χ3v) is 3.60. The van der Waals surface area contributed by atoms with Gasteiger partial charge in [-0.05, 0) is 22.0 Å². The van der Waals surface area contributed by atoms with Crippen molar-refractivity contribution in [3.63, 3.8) is 0 Å². The minimum atomic E-state index is -2.86. The van der Waals surface area contributed by atoms with Gasteiger partial charge in [0.1, 0.15) is 16.2 Å². The summed E-state index contributed by atoms with van der Waals surface area (Å²) < 4.78 is 32.0. The van der Waals surface area contributed by atoms with Gasteiger partial charge in [0.05, 0.1) is 4.88 Å². The summed E-state index contributed by atoms with van der Waals surface area (Å²) in [6, 6.07) is 5.24. The fourth-order valence-corrected chi connectivity index (χ4v) is 2.27. The van der Waals surface area contributed by atoms with Gasteiger partial charge < -0.3 is 4.74 Å². The molecule has 3 nitrogen and oxygen atoms in total. The minimum absolute atomic E-state index is 0.0664. The van der Waals surface area contributed by atoms with Gasteiger partial charge in [0.2, 0.25) is 5.88 Å². The number of halogens is 3. The molecule has 0 saturated carbocycles. The van der Waals surface area contributed by atoms with Gasteiger partial charge in [0.15, 0.2) is 0 Å². The quantitative estimate of drug-likeness (QED) is 0.793. The first-order valence-corrected chi connectivity index (χ1v) is 6.64. The lowest BCUT2D eigenvalue weighted by atomic mass is 10.3. The van der Waals surface area contributed by atoms with Crippen molar-refractivity contribution in [3.05, 3.63) is 38.9 Å². The zero-order valence-electron chi connectivity index (χ0n) is 9.36. The molecule has 96 valence electrons. The summed E-state index contributed by atoms with van der Waals surface area (Å²) >= 11 is 4.15. The maximum absolute atomic E-state index is 13.0. The molecule has 0 aliphatic carbocycles. The van der Waals surface area contributed by atoms with Crippen LogP contribution in [0.25, 0.3) is 0 Å². The van der Waals surface area contributed by atoms with Crippen LogP contribution in [0.15, 0.2) is 29.0 Å². The summed E-state index contributed by atoms with van der Waals surface area (Å²) in [5, 5.41) is 0.494. The Bertz CT molecular complexity index is 542. The molecular formula is C11H9BrF2N2OS. The average Bonchev–Trinajstić information content (AvgIpc) is 2.74. The van der Waals surface area contributed by atoms with E-state index in [4.69, 9.17) is 4.74 Å². The van der Waals surface area contributed by atoms with Crippen LogP contribution in [0.4, 0.5) is 8.78 Å². The Hall–Kier alpha value is -1.08. The number of aromatic nitrogens is 2. The van der Waals surface area contributed by atoms with Crippen molar-refractivity contribution >= 4 is 27.3 Å². The van der Waals surface area contributed by atoms with E-state index in [1.807, 2.05) is 0 Å². The molecular weight excluding hydrogens is 326 g/mol. The van der Waals surface area contributed by atoms with Crippen LogP contribution in [-0.4, -0.2) is 9.97 Å². The molecule has 0 aliphatic heterocycles. The molecule has 2 aromatic heterocycles. The highest BCUT2D eigenvalue weighted by Gasteiger charge is 2.27. The predicted octanol–water partition coefficient (Wildman–Crippen LogP) is 3.99. The van der Waals surface area contributed by atoms with E-state index in [0.29, 0.717) is 15.5 Å². The second-order valence-corrected chi connectivity index (χ2v) is 5.52. The maximum Gasteiger partial charge on any atom is 0.281 e. The van der Waals surface area contributed by atoms with Gasteiger partial charge in [-0.3, -0.25) is 0 Å². The molecule has 0 amide bonds.